The van der Waals surface area contributed by atoms with Crippen molar-refractivity contribution in [3.05, 3.63) is 59.9 Å². The number of carbonyl (C=O) groups excluding carboxylic acids is 1. The van der Waals surface area contributed by atoms with E-state index in [0.717, 1.165) is 0 Å². The standard InChI is InChI=1S/C17H19FN2O3S/c1-2-24(22,23)15-9-7-14(8-10-15)19-12-17(21)20-11-13-5-3-4-6-16(13)18/h3-10,19H,2,11-12H2,1H3,(H,20,21). The molecule has 2 N–H and O–H groups in total. The highest BCUT2D eigenvalue weighted by atomic mass is 32.2. The minimum Gasteiger partial charge on any atom is -0.376 e. The maximum atomic E-state index is 13.4. The van der Waals surface area contributed by atoms with Gasteiger partial charge in [0.2, 0.25) is 5.91 Å². The van der Waals surface area contributed by atoms with Crippen LogP contribution in [0.1, 0.15) is 12.5 Å². The summed E-state index contributed by atoms with van der Waals surface area (Å²) in [4.78, 5) is 12.0. The normalized spacial score (nSPS) is 11.1. The Labute approximate surface area is 140 Å². The Balaban J connectivity index is 1.85. The molecule has 24 heavy (non-hydrogen) atoms. The summed E-state index contributed by atoms with van der Waals surface area (Å²) < 4.78 is 36.9. The van der Waals surface area contributed by atoms with Gasteiger partial charge in [0.15, 0.2) is 9.84 Å². The molecule has 2 aromatic rings. The Hall–Kier alpha value is -2.41. The van der Waals surface area contributed by atoms with Crippen LogP contribution in [0.4, 0.5) is 10.1 Å². The molecule has 0 aliphatic rings. The van der Waals surface area contributed by atoms with Gasteiger partial charge in [0.25, 0.3) is 0 Å². The topological polar surface area (TPSA) is 75.3 Å². The quantitative estimate of drug-likeness (QED) is 0.804. The third-order valence-corrected chi connectivity index (χ3v) is 5.23. The molecule has 5 nitrogen and oxygen atoms in total. The number of hydrogen-bond donors (Lipinski definition) is 2. The monoisotopic (exact) mass is 350 g/mol. The fourth-order valence-corrected chi connectivity index (χ4v) is 2.91. The van der Waals surface area contributed by atoms with Crippen molar-refractivity contribution in [1.82, 2.24) is 5.32 Å². The number of nitrogens with one attached hydrogen (secondary N) is 2. The van der Waals surface area contributed by atoms with Gasteiger partial charge >= 0.3 is 0 Å². The van der Waals surface area contributed by atoms with Crippen molar-refractivity contribution in [2.75, 3.05) is 17.6 Å². The van der Waals surface area contributed by atoms with E-state index in [1.807, 2.05) is 0 Å². The molecule has 0 saturated carbocycles. The highest BCUT2D eigenvalue weighted by Crippen LogP contribution is 2.15. The first-order chi connectivity index (χ1) is 11.4. The highest BCUT2D eigenvalue weighted by Gasteiger charge is 2.11. The van der Waals surface area contributed by atoms with Crippen LogP contribution in [0.3, 0.4) is 0 Å². The first kappa shape index (κ1) is 17.9. The predicted octanol–water partition coefficient (Wildman–Crippen LogP) is 2.35. The minimum absolute atomic E-state index is 0.00826. The van der Waals surface area contributed by atoms with Crippen molar-refractivity contribution in [1.29, 1.82) is 0 Å². The van der Waals surface area contributed by atoms with Crippen LogP contribution in [0.15, 0.2) is 53.4 Å². The molecule has 0 bridgehead atoms. The summed E-state index contributed by atoms with van der Waals surface area (Å²) in [5.41, 5.74) is 1.05. The van der Waals surface area contributed by atoms with Gasteiger partial charge in [0.1, 0.15) is 5.82 Å². The Kier molecular flexibility index (Phi) is 5.92. The second-order valence-electron chi connectivity index (χ2n) is 5.15. The van der Waals surface area contributed by atoms with Gasteiger partial charge in [0, 0.05) is 17.8 Å². The van der Waals surface area contributed by atoms with Crippen molar-refractivity contribution < 1.29 is 17.6 Å². The van der Waals surface area contributed by atoms with E-state index in [1.165, 1.54) is 18.2 Å². The molecule has 0 fully saturated rings. The Bertz CT molecular complexity index is 805. The molecule has 7 heteroatoms. The van der Waals surface area contributed by atoms with E-state index in [0.29, 0.717) is 11.3 Å². The van der Waals surface area contributed by atoms with Crippen LogP contribution in [0.2, 0.25) is 0 Å². The third kappa shape index (κ3) is 4.79. The molecule has 2 rings (SSSR count). The van der Waals surface area contributed by atoms with E-state index in [4.69, 9.17) is 0 Å². The molecule has 0 aliphatic heterocycles. The van der Waals surface area contributed by atoms with Gasteiger partial charge in [0.05, 0.1) is 17.2 Å². The Morgan fingerprint density at radius 3 is 2.38 bits per heavy atom. The molecule has 0 spiro atoms. The SMILES string of the molecule is CCS(=O)(=O)c1ccc(NCC(=O)NCc2ccccc2F)cc1. The summed E-state index contributed by atoms with van der Waals surface area (Å²) >= 11 is 0. The van der Waals surface area contributed by atoms with Crippen LogP contribution in [-0.2, 0) is 21.2 Å². The number of anilines is 1. The predicted molar refractivity (Wildman–Crippen MR) is 90.9 cm³/mol. The van der Waals surface area contributed by atoms with E-state index in [2.05, 4.69) is 10.6 Å². The smallest absolute Gasteiger partial charge is 0.239 e. The average Bonchev–Trinajstić information content (AvgIpc) is 2.59. The molecule has 2 aromatic carbocycles. The van der Waals surface area contributed by atoms with Crippen molar-refractivity contribution >= 4 is 21.4 Å². The molecule has 0 saturated heterocycles. The van der Waals surface area contributed by atoms with Crippen molar-refractivity contribution in [2.45, 2.75) is 18.4 Å². The lowest BCUT2D eigenvalue weighted by molar-refractivity contribution is -0.119. The van der Waals surface area contributed by atoms with Crippen LogP contribution in [0.5, 0.6) is 0 Å². The maximum absolute atomic E-state index is 13.4. The van der Waals surface area contributed by atoms with Crippen LogP contribution in [0.25, 0.3) is 0 Å². The van der Waals surface area contributed by atoms with E-state index in [-0.39, 0.29) is 35.5 Å². The molecule has 0 radical (unpaired) electrons. The summed E-state index contributed by atoms with van der Waals surface area (Å²) in [6, 6.07) is 12.4. The van der Waals surface area contributed by atoms with Crippen molar-refractivity contribution in [3.63, 3.8) is 0 Å². The number of rotatable bonds is 7. The second-order valence-corrected chi connectivity index (χ2v) is 7.43. The summed E-state index contributed by atoms with van der Waals surface area (Å²) in [5.74, 6) is -0.611. The summed E-state index contributed by atoms with van der Waals surface area (Å²) in [6.07, 6.45) is 0. The van der Waals surface area contributed by atoms with Gasteiger partial charge in [-0.15, -0.1) is 0 Å². The molecule has 128 valence electrons. The van der Waals surface area contributed by atoms with Crippen LogP contribution in [0, 0.1) is 5.82 Å². The maximum Gasteiger partial charge on any atom is 0.239 e. The number of sulfone groups is 1. The van der Waals surface area contributed by atoms with Gasteiger partial charge in [-0.25, -0.2) is 12.8 Å². The Morgan fingerprint density at radius 2 is 1.75 bits per heavy atom. The molecule has 0 aromatic heterocycles. The average molecular weight is 350 g/mol. The first-order valence-corrected chi connectivity index (χ1v) is 9.14. The summed E-state index contributed by atoms with van der Waals surface area (Å²) in [6.45, 7) is 1.70. The highest BCUT2D eigenvalue weighted by molar-refractivity contribution is 7.91. The van der Waals surface area contributed by atoms with Gasteiger partial charge in [-0.1, -0.05) is 25.1 Å². The fraction of sp³-hybridized carbons (Fsp3) is 0.235. The van der Waals surface area contributed by atoms with Crippen LogP contribution >= 0.6 is 0 Å². The molecular weight excluding hydrogens is 331 g/mol. The second kappa shape index (κ2) is 7.92. The first-order valence-electron chi connectivity index (χ1n) is 7.49. The zero-order valence-corrected chi connectivity index (χ0v) is 14.1. The van der Waals surface area contributed by atoms with Gasteiger partial charge < -0.3 is 10.6 Å². The number of benzene rings is 2. The lowest BCUT2D eigenvalue weighted by Crippen LogP contribution is -2.29. The van der Waals surface area contributed by atoms with Crippen LogP contribution in [-0.4, -0.2) is 26.6 Å². The lowest BCUT2D eigenvalue weighted by Gasteiger charge is -2.09. The van der Waals surface area contributed by atoms with Gasteiger partial charge in [-0.2, -0.15) is 0 Å². The Morgan fingerprint density at radius 1 is 1.08 bits per heavy atom. The zero-order valence-electron chi connectivity index (χ0n) is 13.3. The largest absolute Gasteiger partial charge is 0.376 e. The van der Waals surface area contributed by atoms with E-state index < -0.39 is 9.84 Å². The van der Waals surface area contributed by atoms with E-state index >= 15 is 0 Å². The number of halogens is 1. The summed E-state index contributed by atoms with van der Waals surface area (Å²) in [5, 5.41) is 5.51. The number of carbonyl (C=O) groups is 1. The molecule has 0 heterocycles. The molecular formula is C17H19FN2O3S. The minimum atomic E-state index is -3.23. The zero-order chi connectivity index (χ0) is 17.6. The van der Waals surface area contributed by atoms with Crippen LogP contribution < -0.4 is 10.6 Å². The number of amides is 1. The third-order valence-electron chi connectivity index (χ3n) is 3.48. The van der Waals surface area contributed by atoms with Gasteiger partial charge in [-0.05, 0) is 30.3 Å². The van der Waals surface area contributed by atoms with Crippen molar-refractivity contribution in [3.8, 4) is 0 Å². The number of hydrogen-bond acceptors (Lipinski definition) is 4. The lowest BCUT2D eigenvalue weighted by atomic mass is 10.2. The van der Waals surface area contributed by atoms with Crippen molar-refractivity contribution in [2.24, 2.45) is 0 Å². The molecule has 0 unspecified atom stereocenters. The van der Waals surface area contributed by atoms with E-state index in [9.17, 15) is 17.6 Å². The van der Waals surface area contributed by atoms with E-state index in [1.54, 1.807) is 37.3 Å². The molecule has 0 aliphatic carbocycles. The molecule has 1 amide bonds. The summed E-state index contributed by atoms with van der Waals surface area (Å²) in [7, 11) is -3.23. The van der Waals surface area contributed by atoms with Gasteiger partial charge in [-0.3, -0.25) is 4.79 Å². The molecule has 0 atom stereocenters. The fourth-order valence-electron chi connectivity index (χ4n) is 2.03.